The molecule has 33 heavy (non-hydrogen) atoms. The molecule has 1 aliphatic carbocycles. The first-order chi connectivity index (χ1) is 15.8. The predicted molar refractivity (Wildman–Crippen MR) is 121 cm³/mol. The lowest BCUT2D eigenvalue weighted by atomic mass is 10.2. The highest BCUT2D eigenvalue weighted by Gasteiger charge is 2.49. The summed E-state index contributed by atoms with van der Waals surface area (Å²) in [6, 6.07) is 5.45. The predicted octanol–water partition coefficient (Wildman–Crippen LogP) is 2.09. The Morgan fingerprint density at radius 3 is 2.45 bits per heavy atom. The molecule has 1 N–H and O–H groups in total. The highest BCUT2D eigenvalue weighted by molar-refractivity contribution is 7.93. The van der Waals surface area contributed by atoms with Crippen LogP contribution in [0, 0.1) is 6.92 Å². The van der Waals surface area contributed by atoms with Crippen LogP contribution in [-0.4, -0.2) is 64.2 Å². The maximum Gasteiger partial charge on any atom is 0.240 e. The first kappa shape index (κ1) is 23.2. The Labute approximate surface area is 192 Å². The number of ether oxygens (including phenoxy) is 2. The molecule has 0 spiro atoms. The number of pyridine rings is 1. The second-order valence-corrected chi connectivity index (χ2v) is 10.2. The van der Waals surface area contributed by atoms with E-state index in [0.717, 1.165) is 18.4 Å². The summed E-state index contributed by atoms with van der Waals surface area (Å²) in [6.45, 7) is 3.79. The van der Waals surface area contributed by atoms with Gasteiger partial charge in [0, 0.05) is 32.8 Å². The first-order valence-corrected chi connectivity index (χ1v) is 12.0. The van der Waals surface area contributed by atoms with Crippen LogP contribution in [0.3, 0.4) is 0 Å². The summed E-state index contributed by atoms with van der Waals surface area (Å²) in [5.41, 5.74) is 1.02. The molecule has 176 valence electrons. The van der Waals surface area contributed by atoms with Gasteiger partial charge in [-0.15, -0.1) is 10.2 Å². The summed E-state index contributed by atoms with van der Waals surface area (Å²) < 4.78 is 42.0. The summed E-state index contributed by atoms with van der Waals surface area (Å²) in [6.07, 6.45) is 5.64. The lowest BCUT2D eigenvalue weighted by molar-refractivity contribution is 0.0949. The minimum absolute atomic E-state index is 0.108. The molecular weight excluding hydrogens is 446 g/mol. The van der Waals surface area contributed by atoms with Crippen LogP contribution < -0.4 is 4.72 Å². The normalized spacial score (nSPS) is 16.8. The standard InChI is InChI=1S/C21H27N7O4S/c1-14-11-23-18(24-12-14)17(32-4)15(2)33(29,30)27-20-26-25-19(16-7-5-6-10-22-16)28(20)21(8-9-21)13-31-3/h5-7,10-12,15,17H,8-9,13H2,1-4H3,(H,26,27). The zero-order valence-corrected chi connectivity index (χ0v) is 19.8. The molecule has 3 heterocycles. The molecule has 0 aromatic carbocycles. The fourth-order valence-electron chi connectivity index (χ4n) is 3.75. The van der Waals surface area contributed by atoms with Crippen molar-refractivity contribution in [2.75, 3.05) is 25.5 Å². The Balaban J connectivity index is 1.69. The number of hydrogen-bond acceptors (Lipinski definition) is 9. The monoisotopic (exact) mass is 473 g/mol. The van der Waals surface area contributed by atoms with Crippen molar-refractivity contribution < 1.29 is 17.9 Å². The molecule has 0 saturated heterocycles. The van der Waals surface area contributed by atoms with Gasteiger partial charge in [0.1, 0.15) is 17.0 Å². The highest BCUT2D eigenvalue weighted by atomic mass is 32.2. The molecule has 1 aliphatic rings. The van der Waals surface area contributed by atoms with Gasteiger partial charge in [-0.3, -0.25) is 14.3 Å². The van der Waals surface area contributed by atoms with E-state index >= 15 is 0 Å². The summed E-state index contributed by atoms with van der Waals surface area (Å²) in [5, 5.41) is 7.43. The third-order valence-corrected chi connectivity index (χ3v) is 7.42. The second-order valence-electron chi connectivity index (χ2n) is 8.18. The Bertz CT molecular complexity index is 1200. The number of nitrogens with one attached hydrogen (secondary N) is 1. The highest BCUT2D eigenvalue weighted by Crippen LogP contribution is 2.47. The van der Waals surface area contributed by atoms with E-state index in [4.69, 9.17) is 9.47 Å². The maximum absolute atomic E-state index is 13.4. The molecule has 2 atom stereocenters. The molecule has 3 aromatic heterocycles. The van der Waals surface area contributed by atoms with Crippen LogP contribution in [0.1, 0.15) is 37.3 Å². The number of aromatic nitrogens is 6. The lowest BCUT2D eigenvalue weighted by Crippen LogP contribution is -2.35. The molecule has 4 rings (SSSR count). The fourth-order valence-corrected chi connectivity index (χ4v) is 4.88. The van der Waals surface area contributed by atoms with Crippen LogP contribution in [0.15, 0.2) is 36.8 Å². The summed E-state index contributed by atoms with van der Waals surface area (Å²) >= 11 is 0. The van der Waals surface area contributed by atoms with Crippen molar-refractivity contribution in [2.45, 2.75) is 43.6 Å². The Kier molecular flexibility index (Phi) is 6.41. The number of anilines is 1. The summed E-state index contributed by atoms with van der Waals surface area (Å²) in [5.74, 6) is 0.868. The van der Waals surface area contributed by atoms with Gasteiger partial charge in [-0.25, -0.2) is 18.4 Å². The van der Waals surface area contributed by atoms with Crippen LogP contribution in [0.4, 0.5) is 5.95 Å². The van der Waals surface area contributed by atoms with Gasteiger partial charge < -0.3 is 9.47 Å². The van der Waals surface area contributed by atoms with Crippen molar-refractivity contribution in [3.8, 4) is 11.5 Å². The largest absolute Gasteiger partial charge is 0.382 e. The average Bonchev–Trinajstić information content (AvgIpc) is 3.46. The molecule has 0 amide bonds. The van der Waals surface area contributed by atoms with Gasteiger partial charge in [0.05, 0.1) is 12.1 Å². The SMILES string of the molecule is COCC1(n2c(NS(=O)(=O)C(C)C(OC)c3ncc(C)cn3)nnc2-c2ccccn2)CC1. The number of hydrogen-bond donors (Lipinski definition) is 1. The van der Waals surface area contributed by atoms with E-state index in [2.05, 4.69) is 29.9 Å². The average molecular weight is 474 g/mol. The van der Waals surface area contributed by atoms with Gasteiger partial charge in [-0.1, -0.05) is 6.07 Å². The topological polar surface area (TPSA) is 134 Å². The molecule has 2 unspecified atom stereocenters. The van der Waals surface area contributed by atoms with Crippen molar-refractivity contribution >= 4 is 16.0 Å². The molecule has 12 heteroatoms. The van der Waals surface area contributed by atoms with Crippen molar-refractivity contribution in [1.29, 1.82) is 0 Å². The Hall–Kier alpha value is -2.96. The fraction of sp³-hybridized carbons (Fsp3) is 0.476. The zero-order chi connectivity index (χ0) is 23.6. The van der Waals surface area contributed by atoms with Gasteiger partial charge in [-0.05, 0) is 44.4 Å². The Morgan fingerprint density at radius 1 is 1.15 bits per heavy atom. The van der Waals surface area contributed by atoms with Crippen molar-refractivity contribution in [2.24, 2.45) is 0 Å². The molecular formula is C21H27N7O4S. The van der Waals surface area contributed by atoms with E-state index < -0.39 is 26.9 Å². The van der Waals surface area contributed by atoms with Gasteiger partial charge in [0.25, 0.3) is 0 Å². The minimum atomic E-state index is -3.96. The van der Waals surface area contributed by atoms with Crippen LogP contribution in [0.5, 0.6) is 0 Å². The number of aryl methyl sites for hydroxylation is 1. The van der Waals surface area contributed by atoms with Crippen molar-refractivity contribution in [3.05, 3.63) is 48.2 Å². The molecule has 1 fully saturated rings. The number of sulfonamides is 1. The molecule has 0 aliphatic heterocycles. The van der Waals surface area contributed by atoms with Crippen molar-refractivity contribution in [3.63, 3.8) is 0 Å². The molecule has 3 aromatic rings. The van der Waals surface area contributed by atoms with Gasteiger partial charge in [-0.2, -0.15) is 0 Å². The molecule has 0 bridgehead atoms. The molecule has 0 radical (unpaired) electrons. The third-order valence-electron chi connectivity index (χ3n) is 5.73. The van der Waals surface area contributed by atoms with Gasteiger partial charge in [0.2, 0.25) is 16.0 Å². The number of methoxy groups -OCH3 is 2. The Morgan fingerprint density at radius 2 is 1.88 bits per heavy atom. The summed E-state index contributed by atoms with van der Waals surface area (Å²) in [4.78, 5) is 12.8. The van der Waals surface area contributed by atoms with Crippen LogP contribution >= 0.6 is 0 Å². The smallest absolute Gasteiger partial charge is 0.240 e. The van der Waals surface area contributed by atoms with Crippen molar-refractivity contribution in [1.82, 2.24) is 29.7 Å². The van der Waals surface area contributed by atoms with Crippen LogP contribution in [0.25, 0.3) is 11.5 Å². The number of rotatable bonds is 10. The second kappa shape index (κ2) is 9.12. The lowest BCUT2D eigenvalue weighted by Gasteiger charge is -2.24. The van der Waals surface area contributed by atoms with E-state index in [0.29, 0.717) is 18.1 Å². The summed E-state index contributed by atoms with van der Waals surface area (Å²) in [7, 11) is -0.919. The van der Waals surface area contributed by atoms with E-state index in [1.807, 2.05) is 13.0 Å². The van der Waals surface area contributed by atoms with Crippen LogP contribution in [-0.2, 0) is 25.0 Å². The molecule has 11 nitrogen and oxygen atoms in total. The molecule has 1 saturated carbocycles. The van der Waals surface area contributed by atoms with Gasteiger partial charge in [0.15, 0.2) is 11.6 Å². The number of nitrogens with zero attached hydrogens (tertiary/aromatic N) is 6. The van der Waals surface area contributed by atoms with E-state index in [1.165, 1.54) is 7.11 Å². The van der Waals surface area contributed by atoms with E-state index in [1.54, 1.807) is 49.3 Å². The maximum atomic E-state index is 13.4. The van der Waals surface area contributed by atoms with E-state index in [9.17, 15) is 8.42 Å². The van der Waals surface area contributed by atoms with Gasteiger partial charge >= 0.3 is 0 Å². The quantitative estimate of drug-likeness (QED) is 0.470. The first-order valence-electron chi connectivity index (χ1n) is 10.5. The van der Waals surface area contributed by atoms with E-state index in [-0.39, 0.29) is 11.8 Å². The van der Waals surface area contributed by atoms with Crippen LogP contribution in [0.2, 0.25) is 0 Å². The minimum Gasteiger partial charge on any atom is -0.382 e. The zero-order valence-electron chi connectivity index (χ0n) is 19.0. The third kappa shape index (κ3) is 4.59.